The fraction of sp³-hybridized carbons (Fsp3) is 1.00. The maximum Gasteiger partial charge on any atom is 0.0900 e. The highest BCUT2D eigenvalue weighted by Crippen LogP contribution is 2.22. The molecule has 1 heterocycles. The lowest BCUT2D eigenvalue weighted by Crippen LogP contribution is -2.05. The lowest BCUT2D eigenvalue weighted by Gasteiger charge is -1.85. The Hall–Kier alpha value is -0.120. The van der Waals surface area contributed by atoms with Crippen molar-refractivity contribution in [2.75, 3.05) is 20.6 Å². The molecule has 0 aromatic rings. The second-order valence-corrected chi connectivity index (χ2v) is 2.21. The lowest BCUT2D eigenvalue weighted by molar-refractivity contribution is 0.412. The largest absolute Gasteiger partial charge is 0.330 e. The van der Waals surface area contributed by atoms with Crippen molar-refractivity contribution in [1.29, 1.82) is 0 Å². The van der Waals surface area contributed by atoms with Gasteiger partial charge in [-0.05, 0) is 13.0 Å². The van der Waals surface area contributed by atoms with E-state index in [-0.39, 0.29) is 0 Å². The van der Waals surface area contributed by atoms with Crippen molar-refractivity contribution in [2.24, 2.45) is 5.73 Å². The summed E-state index contributed by atoms with van der Waals surface area (Å²) < 4.78 is 0. The predicted octanol–water partition coefficient (Wildman–Crippen LogP) is -0.546. The van der Waals surface area contributed by atoms with Crippen LogP contribution in [0.1, 0.15) is 6.42 Å². The van der Waals surface area contributed by atoms with Gasteiger partial charge in [-0.3, -0.25) is 0 Å². The zero-order valence-corrected chi connectivity index (χ0v) is 5.46. The molecule has 2 atom stereocenters. The van der Waals surface area contributed by atoms with E-state index in [4.69, 9.17) is 5.73 Å². The van der Waals surface area contributed by atoms with E-state index in [1.807, 2.05) is 0 Å². The van der Waals surface area contributed by atoms with Gasteiger partial charge in [0.1, 0.15) is 0 Å². The van der Waals surface area contributed by atoms with Gasteiger partial charge in [0.25, 0.3) is 0 Å². The molecule has 0 spiro atoms. The van der Waals surface area contributed by atoms with Crippen LogP contribution in [0.2, 0.25) is 0 Å². The molecule has 0 aliphatic carbocycles. The standard InChI is InChI=1S/C5H13N3/c1-7-5(3-4-6)8(7)2/h5H,3-4,6H2,1-2H3. The van der Waals surface area contributed by atoms with E-state index in [9.17, 15) is 0 Å². The highest BCUT2D eigenvalue weighted by Gasteiger charge is 2.36. The van der Waals surface area contributed by atoms with E-state index in [1.165, 1.54) is 0 Å². The fourth-order valence-electron chi connectivity index (χ4n) is 0.952. The lowest BCUT2D eigenvalue weighted by atomic mass is 10.4. The molecule has 3 nitrogen and oxygen atoms in total. The molecule has 0 bridgehead atoms. The first kappa shape index (κ1) is 6.01. The second-order valence-electron chi connectivity index (χ2n) is 2.21. The molecule has 0 aromatic heterocycles. The van der Waals surface area contributed by atoms with Crippen molar-refractivity contribution in [3.05, 3.63) is 0 Å². The van der Waals surface area contributed by atoms with Crippen molar-refractivity contribution < 1.29 is 0 Å². The molecule has 0 saturated carbocycles. The van der Waals surface area contributed by atoms with E-state index in [1.54, 1.807) is 0 Å². The Labute approximate surface area is 50.0 Å². The maximum absolute atomic E-state index is 5.34. The number of rotatable bonds is 2. The molecule has 2 unspecified atom stereocenters. The van der Waals surface area contributed by atoms with Crippen LogP contribution >= 0.6 is 0 Å². The van der Waals surface area contributed by atoms with E-state index >= 15 is 0 Å². The van der Waals surface area contributed by atoms with Gasteiger partial charge in [-0.15, -0.1) is 0 Å². The van der Waals surface area contributed by atoms with Crippen molar-refractivity contribution in [3.63, 3.8) is 0 Å². The van der Waals surface area contributed by atoms with Crippen LogP contribution in [0.3, 0.4) is 0 Å². The minimum Gasteiger partial charge on any atom is -0.330 e. The van der Waals surface area contributed by atoms with Crippen LogP contribution in [0.5, 0.6) is 0 Å². The molecule has 1 rings (SSSR count). The van der Waals surface area contributed by atoms with Crippen LogP contribution < -0.4 is 5.73 Å². The summed E-state index contributed by atoms with van der Waals surface area (Å²) in [5, 5.41) is 4.35. The minimum atomic E-state index is 0.625. The number of hydrogen-bond acceptors (Lipinski definition) is 3. The number of nitrogens with two attached hydrogens (primary N) is 1. The summed E-state index contributed by atoms with van der Waals surface area (Å²) in [6.07, 6.45) is 1.72. The van der Waals surface area contributed by atoms with Gasteiger partial charge in [0, 0.05) is 14.1 Å². The Kier molecular flexibility index (Phi) is 1.51. The van der Waals surface area contributed by atoms with E-state index in [2.05, 4.69) is 24.1 Å². The van der Waals surface area contributed by atoms with Crippen LogP contribution in [0, 0.1) is 0 Å². The van der Waals surface area contributed by atoms with Gasteiger partial charge in [0.05, 0.1) is 6.17 Å². The zero-order chi connectivity index (χ0) is 6.15. The van der Waals surface area contributed by atoms with Crippen LogP contribution in [0.4, 0.5) is 0 Å². The predicted molar refractivity (Wildman–Crippen MR) is 33.0 cm³/mol. The molecule has 1 aliphatic rings. The minimum absolute atomic E-state index is 0.625. The molecule has 3 heteroatoms. The van der Waals surface area contributed by atoms with E-state index < -0.39 is 0 Å². The van der Waals surface area contributed by atoms with Gasteiger partial charge in [-0.1, -0.05) is 0 Å². The third-order valence-corrected chi connectivity index (χ3v) is 1.73. The highest BCUT2D eigenvalue weighted by molar-refractivity contribution is 4.76. The van der Waals surface area contributed by atoms with Crippen LogP contribution in [-0.2, 0) is 0 Å². The SMILES string of the molecule is CN1C(CCN)N1C. The molecule has 0 aromatic carbocycles. The smallest absolute Gasteiger partial charge is 0.0900 e. The quantitative estimate of drug-likeness (QED) is 0.490. The molecule has 1 fully saturated rings. The fourth-order valence-corrected chi connectivity index (χ4v) is 0.952. The number of hydrazine groups is 1. The van der Waals surface area contributed by atoms with Crippen molar-refractivity contribution >= 4 is 0 Å². The summed E-state index contributed by atoms with van der Waals surface area (Å²) in [6.45, 7) is 0.791. The van der Waals surface area contributed by atoms with Crippen molar-refractivity contribution in [3.8, 4) is 0 Å². The molecule has 0 radical (unpaired) electrons. The summed E-state index contributed by atoms with van der Waals surface area (Å²) in [5.74, 6) is 0. The van der Waals surface area contributed by atoms with Gasteiger partial charge >= 0.3 is 0 Å². The summed E-state index contributed by atoms with van der Waals surface area (Å²) in [6, 6.07) is 0. The summed E-state index contributed by atoms with van der Waals surface area (Å²) in [5.41, 5.74) is 5.34. The Morgan fingerprint density at radius 1 is 1.38 bits per heavy atom. The summed E-state index contributed by atoms with van der Waals surface area (Å²) >= 11 is 0. The van der Waals surface area contributed by atoms with Gasteiger partial charge < -0.3 is 5.73 Å². The van der Waals surface area contributed by atoms with Crippen LogP contribution in [0.15, 0.2) is 0 Å². The van der Waals surface area contributed by atoms with Crippen molar-refractivity contribution in [1.82, 2.24) is 10.0 Å². The van der Waals surface area contributed by atoms with Gasteiger partial charge in [0.2, 0.25) is 0 Å². The normalized spacial score (nSPS) is 44.6. The molecular weight excluding hydrogens is 102 g/mol. The topological polar surface area (TPSA) is 32.0 Å². The average Bonchev–Trinajstić information content (AvgIpc) is 2.25. The molecular formula is C5H13N3. The van der Waals surface area contributed by atoms with Gasteiger partial charge in [-0.25, -0.2) is 10.0 Å². The third kappa shape index (κ3) is 0.844. The van der Waals surface area contributed by atoms with Crippen LogP contribution in [0.25, 0.3) is 0 Å². The highest BCUT2D eigenvalue weighted by atomic mass is 15.8. The molecule has 48 valence electrons. The van der Waals surface area contributed by atoms with E-state index in [0.29, 0.717) is 6.17 Å². The first-order valence-corrected chi connectivity index (χ1v) is 2.93. The molecule has 0 amide bonds. The Balaban J connectivity index is 2.13. The van der Waals surface area contributed by atoms with Gasteiger partial charge in [-0.2, -0.15) is 0 Å². The van der Waals surface area contributed by atoms with Crippen molar-refractivity contribution in [2.45, 2.75) is 12.6 Å². The summed E-state index contributed by atoms with van der Waals surface area (Å²) in [4.78, 5) is 0. The molecule has 1 aliphatic heterocycles. The maximum atomic E-state index is 5.34. The monoisotopic (exact) mass is 115 g/mol. The van der Waals surface area contributed by atoms with E-state index in [0.717, 1.165) is 13.0 Å². The average molecular weight is 115 g/mol. The second kappa shape index (κ2) is 2.01. The summed E-state index contributed by atoms with van der Waals surface area (Å²) in [7, 11) is 4.14. The first-order valence-electron chi connectivity index (χ1n) is 2.93. The molecule has 8 heavy (non-hydrogen) atoms. The molecule has 2 N–H and O–H groups in total. The number of nitrogens with zero attached hydrogens (tertiary/aromatic N) is 2. The van der Waals surface area contributed by atoms with Gasteiger partial charge in [0.15, 0.2) is 0 Å². The Morgan fingerprint density at radius 2 is 1.88 bits per heavy atom. The zero-order valence-electron chi connectivity index (χ0n) is 5.46. The van der Waals surface area contributed by atoms with Crippen LogP contribution in [-0.4, -0.2) is 36.8 Å². The first-order chi connectivity index (χ1) is 3.77. The third-order valence-electron chi connectivity index (χ3n) is 1.73. The Morgan fingerprint density at radius 3 is 2.00 bits per heavy atom. The number of hydrogen-bond donors (Lipinski definition) is 1. The molecule has 1 saturated heterocycles. The Bertz CT molecular complexity index is 75.7.